The first kappa shape index (κ1) is 8.29. The fraction of sp³-hybridized carbons (Fsp3) is 0. The summed E-state index contributed by atoms with van der Waals surface area (Å²) >= 11 is 14.0. The predicted octanol–water partition coefficient (Wildman–Crippen LogP) is 2.23. The van der Waals surface area contributed by atoms with Gasteiger partial charge in [-0.15, -0.1) is 0 Å². The summed E-state index contributed by atoms with van der Waals surface area (Å²) in [6, 6.07) is 7.33. The molecule has 1 rings (SSSR count). The minimum atomic E-state index is 0.664. The average Bonchev–Trinajstić information content (AvgIpc) is 1.88. The van der Waals surface area contributed by atoms with Crippen molar-refractivity contribution in [2.24, 2.45) is 0 Å². The van der Waals surface area contributed by atoms with Crippen molar-refractivity contribution >= 4 is 42.7 Å². The van der Waals surface area contributed by atoms with E-state index < -0.39 is 0 Å². The number of halogens is 2. The van der Waals surface area contributed by atoms with Gasteiger partial charge in [0.15, 0.2) is 0 Å². The van der Waals surface area contributed by atoms with Crippen molar-refractivity contribution in [3.8, 4) is 0 Å². The molecule has 0 aliphatic heterocycles. The number of benzene rings is 1. The van der Waals surface area contributed by atoms with Crippen molar-refractivity contribution in [3.05, 3.63) is 34.9 Å². The van der Waals surface area contributed by atoms with Gasteiger partial charge in [0, 0.05) is 0 Å². The van der Waals surface area contributed by atoms with Crippen LogP contribution in [0.1, 0.15) is 5.56 Å². The molecule has 0 radical (unpaired) electrons. The van der Waals surface area contributed by atoms with Crippen LogP contribution in [-0.2, 0) is 0 Å². The Morgan fingerprint density at radius 3 is 2.10 bits per heavy atom. The second-order valence-corrected chi connectivity index (χ2v) is 3.96. The fourth-order valence-corrected chi connectivity index (χ4v) is 1.12. The summed E-state index contributed by atoms with van der Waals surface area (Å²) in [4.78, 5) is 0. The normalized spacial score (nSPS) is 9.40. The van der Waals surface area contributed by atoms with Crippen molar-refractivity contribution < 1.29 is 0 Å². The molecule has 0 bridgehead atoms. The van der Waals surface area contributed by atoms with Crippen molar-refractivity contribution in [1.82, 2.24) is 0 Å². The van der Waals surface area contributed by atoms with Crippen LogP contribution in [0.25, 0.3) is 0 Å². The van der Waals surface area contributed by atoms with Gasteiger partial charge in [-0.3, -0.25) is 0 Å². The second kappa shape index (κ2) is 3.54. The third kappa shape index (κ3) is 2.10. The van der Waals surface area contributed by atoms with Crippen LogP contribution in [0.3, 0.4) is 0 Å². The van der Waals surface area contributed by atoms with Gasteiger partial charge in [-0.2, -0.15) is 0 Å². The molecular formula is C7H4Cl2Se. The Bertz CT molecular complexity index is 240. The van der Waals surface area contributed by atoms with Gasteiger partial charge in [-0.05, 0) is 0 Å². The van der Waals surface area contributed by atoms with Crippen LogP contribution >= 0.6 is 23.2 Å². The molecule has 0 N–H and O–H groups in total. The Morgan fingerprint density at radius 1 is 1.20 bits per heavy atom. The summed E-state index contributed by atoms with van der Waals surface area (Å²) in [5.41, 5.74) is 0.964. The van der Waals surface area contributed by atoms with Crippen LogP contribution in [0.5, 0.6) is 0 Å². The molecule has 0 saturated heterocycles. The van der Waals surface area contributed by atoms with Crippen molar-refractivity contribution in [3.63, 3.8) is 0 Å². The molecule has 0 aliphatic rings. The Hall–Kier alpha value is 0.189. The van der Waals surface area contributed by atoms with Gasteiger partial charge in [0.25, 0.3) is 0 Å². The van der Waals surface area contributed by atoms with Crippen LogP contribution < -0.4 is 0 Å². The summed E-state index contributed by atoms with van der Waals surface area (Å²) in [7, 11) is 0. The molecule has 0 aromatic heterocycles. The number of hydrogen-bond acceptors (Lipinski definition) is 0. The van der Waals surface area contributed by atoms with E-state index in [2.05, 4.69) is 15.6 Å². The van der Waals surface area contributed by atoms with Gasteiger partial charge in [-0.25, -0.2) is 0 Å². The molecule has 0 saturated carbocycles. The van der Waals surface area contributed by atoms with Crippen LogP contribution in [0.4, 0.5) is 0 Å². The molecule has 3 heteroatoms. The first-order valence-electron chi connectivity index (χ1n) is 2.65. The van der Waals surface area contributed by atoms with Crippen LogP contribution in [-0.4, -0.2) is 19.5 Å². The second-order valence-electron chi connectivity index (χ2n) is 1.78. The molecule has 0 heterocycles. The minimum absolute atomic E-state index is 0.664. The Morgan fingerprint density at radius 2 is 1.70 bits per heavy atom. The maximum atomic E-state index is 5.67. The first-order chi connectivity index (χ1) is 4.70. The van der Waals surface area contributed by atoms with E-state index in [4.69, 9.17) is 23.2 Å². The average molecular weight is 238 g/mol. The van der Waals surface area contributed by atoms with Crippen LogP contribution in [0, 0.1) is 0 Å². The molecule has 0 amide bonds. The summed E-state index contributed by atoms with van der Waals surface area (Å²) in [6.45, 7) is 0. The molecule has 1 aromatic carbocycles. The molecule has 0 fully saturated rings. The summed E-state index contributed by atoms with van der Waals surface area (Å²) in [5.74, 6) is 0. The molecular weight excluding hydrogens is 234 g/mol. The Kier molecular flexibility index (Phi) is 2.94. The van der Waals surface area contributed by atoms with Crippen molar-refractivity contribution in [2.75, 3.05) is 0 Å². The number of rotatable bonds is 1. The molecule has 52 valence electrons. The zero-order valence-electron chi connectivity index (χ0n) is 4.97. The molecule has 0 aliphatic carbocycles. The quantitative estimate of drug-likeness (QED) is 0.658. The van der Waals surface area contributed by atoms with Gasteiger partial charge >= 0.3 is 77.5 Å². The van der Waals surface area contributed by atoms with E-state index in [1.54, 1.807) is 12.1 Å². The van der Waals surface area contributed by atoms with Gasteiger partial charge in [-0.1, -0.05) is 0 Å². The van der Waals surface area contributed by atoms with E-state index in [0.29, 0.717) is 3.88 Å². The standard InChI is InChI=1S/C7H4Cl2Se/c8-6-3-1-5(2-4-6)7(9)10/h1-4H. The molecule has 0 unspecified atom stereocenters. The Labute approximate surface area is 77.5 Å². The van der Waals surface area contributed by atoms with E-state index >= 15 is 0 Å². The topological polar surface area (TPSA) is 0 Å². The predicted molar refractivity (Wildman–Crippen MR) is 47.2 cm³/mol. The summed E-state index contributed by atoms with van der Waals surface area (Å²) < 4.78 is 0.664. The van der Waals surface area contributed by atoms with Gasteiger partial charge < -0.3 is 0 Å². The summed E-state index contributed by atoms with van der Waals surface area (Å²) in [5, 5.41) is 0.724. The molecule has 10 heavy (non-hydrogen) atoms. The zero-order chi connectivity index (χ0) is 7.56. The fourth-order valence-electron chi connectivity index (χ4n) is 0.581. The molecule has 0 atom stereocenters. The van der Waals surface area contributed by atoms with Crippen LogP contribution in [0.15, 0.2) is 24.3 Å². The monoisotopic (exact) mass is 238 g/mol. The van der Waals surface area contributed by atoms with Gasteiger partial charge in [0.1, 0.15) is 0 Å². The zero-order valence-corrected chi connectivity index (χ0v) is 8.20. The van der Waals surface area contributed by atoms with E-state index in [1.165, 1.54) is 0 Å². The maximum absolute atomic E-state index is 5.67. The SMILES string of the molecule is ClC(=[Se])c1ccc(Cl)cc1. The van der Waals surface area contributed by atoms with E-state index in [9.17, 15) is 0 Å². The van der Waals surface area contributed by atoms with Crippen molar-refractivity contribution in [2.45, 2.75) is 0 Å². The molecule has 1 aromatic rings. The number of hydrogen-bond donors (Lipinski definition) is 0. The van der Waals surface area contributed by atoms with Crippen LogP contribution in [0.2, 0.25) is 5.02 Å². The third-order valence-electron chi connectivity index (χ3n) is 1.07. The van der Waals surface area contributed by atoms with E-state index in [0.717, 1.165) is 10.6 Å². The Balaban J connectivity index is 3.00. The molecule has 0 nitrogen and oxygen atoms in total. The summed E-state index contributed by atoms with van der Waals surface area (Å²) in [6.07, 6.45) is 0. The first-order valence-corrected chi connectivity index (χ1v) is 4.27. The van der Waals surface area contributed by atoms with Crippen molar-refractivity contribution in [1.29, 1.82) is 0 Å². The van der Waals surface area contributed by atoms with E-state index in [-0.39, 0.29) is 0 Å². The molecule has 0 spiro atoms. The van der Waals surface area contributed by atoms with E-state index in [1.807, 2.05) is 12.1 Å². The third-order valence-corrected chi connectivity index (χ3v) is 2.04. The van der Waals surface area contributed by atoms with Gasteiger partial charge in [0.05, 0.1) is 0 Å². The van der Waals surface area contributed by atoms with Gasteiger partial charge in [0.2, 0.25) is 0 Å².